The van der Waals surface area contributed by atoms with Gasteiger partial charge in [-0.3, -0.25) is 0 Å². The summed E-state index contributed by atoms with van der Waals surface area (Å²) in [6.07, 6.45) is 44.0. The van der Waals surface area contributed by atoms with Crippen LogP contribution in [0.15, 0.2) is 24.3 Å². The van der Waals surface area contributed by atoms with Gasteiger partial charge in [0.25, 0.3) is 0 Å². The summed E-state index contributed by atoms with van der Waals surface area (Å²) in [6, 6.07) is 0.613. The van der Waals surface area contributed by atoms with Gasteiger partial charge in [0.15, 0.2) is 5.79 Å². The maximum Gasteiger partial charge on any atom is 0.169 e. The van der Waals surface area contributed by atoms with Crippen molar-refractivity contribution in [3.8, 4) is 0 Å². The van der Waals surface area contributed by atoms with Crippen LogP contribution in [0.1, 0.15) is 181 Å². The van der Waals surface area contributed by atoms with Crippen LogP contribution < -0.4 is 0 Å². The topological polar surface area (TPSA) is 21.7 Å². The summed E-state index contributed by atoms with van der Waals surface area (Å²) in [5, 5.41) is 0. The van der Waals surface area contributed by atoms with Crippen LogP contribution in [0.2, 0.25) is 0 Å². The Hall–Kier alpha value is -0.640. The van der Waals surface area contributed by atoms with Crippen LogP contribution in [0, 0.1) is 0 Å². The lowest BCUT2D eigenvalue weighted by atomic mass is 9.98. The summed E-state index contributed by atoms with van der Waals surface area (Å²) in [5.74, 6) is -0.290. The minimum Gasteiger partial charge on any atom is -0.344 e. The zero-order valence-corrected chi connectivity index (χ0v) is 28.2. The molecule has 0 aromatic carbocycles. The third-order valence-corrected chi connectivity index (χ3v) is 9.56. The Morgan fingerprint density at radius 1 is 0.537 bits per heavy atom. The fourth-order valence-corrected chi connectivity index (χ4v) is 6.81. The van der Waals surface area contributed by atoms with Gasteiger partial charge in [0.1, 0.15) is 0 Å². The van der Waals surface area contributed by atoms with E-state index in [-0.39, 0.29) is 5.79 Å². The number of fused-ring (bicyclic) bond motifs is 1. The van der Waals surface area contributed by atoms with Crippen molar-refractivity contribution in [2.24, 2.45) is 0 Å². The molecule has 240 valence electrons. The molecule has 0 amide bonds. The van der Waals surface area contributed by atoms with Crippen LogP contribution in [0.25, 0.3) is 0 Å². The second kappa shape index (κ2) is 23.8. The van der Waals surface area contributed by atoms with Crippen molar-refractivity contribution in [1.82, 2.24) is 4.90 Å². The summed E-state index contributed by atoms with van der Waals surface area (Å²) < 4.78 is 13.6. The summed E-state index contributed by atoms with van der Waals surface area (Å²) in [6.45, 7) is 4.57. The van der Waals surface area contributed by atoms with E-state index in [1.165, 1.54) is 135 Å². The van der Waals surface area contributed by atoms with Crippen LogP contribution >= 0.6 is 0 Å². The molecule has 0 aromatic rings. The van der Waals surface area contributed by atoms with Gasteiger partial charge >= 0.3 is 0 Å². The van der Waals surface area contributed by atoms with Crippen molar-refractivity contribution in [3.05, 3.63) is 24.3 Å². The highest BCUT2D eigenvalue weighted by Crippen LogP contribution is 2.44. The minimum atomic E-state index is -0.290. The first-order chi connectivity index (χ1) is 20.1. The monoisotopic (exact) mass is 574 g/mol. The van der Waals surface area contributed by atoms with Crippen molar-refractivity contribution >= 4 is 0 Å². The molecule has 4 atom stereocenters. The maximum absolute atomic E-state index is 6.80. The first kappa shape index (κ1) is 36.6. The Morgan fingerprint density at radius 3 is 1.39 bits per heavy atom. The summed E-state index contributed by atoms with van der Waals surface area (Å²) in [4.78, 5) is 2.36. The highest BCUT2D eigenvalue weighted by Gasteiger charge is 2.51. The average Bonchev–Trinajstić information content (AvgIpc) is 3.51. The van der Waals surface area contributed by atoms with E-state index < -0.39 is 0 Å². The third-order valence-electron chi connectivity index (χ3n) is 9.56. The van der Waals surface area contributed by atoms with Crippen molar-refractivity contribution in [2.45, 2.75) is 205 Å². The predicted octanol–water partition coefficient (Wildman–Crippen LogP) is 11.7. The number of nitrogens with zero attached hydrogens (tertiary/aromatic N) is 1. The van der Waals surface area contributed by atoms with Gasteiger partial charge in [0.05, 0.1) is 12.2 Å². The molecule has 3 nitrogen and oxygen atoms in total. The first-order valence-corrected chi connectivity index (χ1v) is 18.4. The second-order valence-electron chi connectivity index (χ2n) is 13.6. The molecule has 2 fully saturated rings. The molecule has 41 heavy (non-hydrogen) atoms. The highest BCUT2D eigenvalue weighted by molar-refractivity contribution is 4.96. The van der Waals surface area contributed by atoms with Gasteiger partial charge in [-0.15, -0.1) is 0 Å². The summed E-state index contributed by atoms with van der Waals surface area (Å²) in [7, 11) is 4.40. The van der Waals surface area contributed by atoms with Gasteiger partial charge < -0.3 is 14.4 Å². The van der Waals surface area contributed by atoms with Crippen LogP contribution in [-0.2, 0) is 9.47 Å². The quantitative estimate of drug-likeness (QED) is 0.0720. The van der Waals surface area contributed by atoms with E-state index in [2.05, 4.69) is 57.1 Å². The van der Waals surface area contributed by atoms with Gasteiger partial charge in [-0.05, 0) is 71.9 Å². The maximum atomic E-state index is 6.80. The lowest BCUT2D eigenvalue weighted by Crippen LogP contribution is -2.34. The average molecular weight is 574 g/mol. The molecular weight excluding hydrogens is 502 g/mol. The molecule has 1 saturated heterocycles. The lowest BCUT2D eigenvalue weighted by molar-refractivity contribution is -0.193. The van der Waals surface area contributed by atoms with Crippen LogP contribution in [0.3, 0.4) is 0 Å². The smallest absolute Gasteiger partial charge is 0.169 e. The molecule has 1 unspecified atom stereocenters. The SMILES string of the molecule is CCCCC/C=C\C/C=C\CCCCCCCCC1(CCCCCCCCCCCC)O[C@H]2C[C@H](N(C)C)C[C@H]2O1. The van der Waals surface area contributed by atoms with E-state index in [1.54, 1.807) is 0 Å². The van der Waals surface area contributed by atoms with Crippen LogP contribution in [0.4, 0.5) is 0 Å². The van der Waals surface area contributed by atoms with E-state index in [1.807, 2.05) is 0 Å². The zero-order chi connectivity index (χ0) is 29.4. The standard InChI is InChI=1S/C38H71NO2/c1-5-7-9-11-13-15-17-18-19-20-21-22-24-26-28-30-32-38(31-29-27-25-23-16-14-12-10-8-6-2)40-36-33-35(39(3)4)34-37(36)41-38/h13,15,18-19,35-37H,5-12,14,16-17,20-34H2,1-4H3/b15-13-,19-18-/t35-,36-,37+,38?. The molecule has 0 radical (unpaired) electrons. The minimum absolute atomic E-state index is 0.290. The van der Waals surface area contributed by atoms with Crippen molar-refractivity contribution in [1.29, 1.82) is 0 Å². The van der Waals surface area contributed by atoms with Gasteiger partial charge in [0, 0.05) is 18.9 Å². The largest absolute Gasteiger partial charge is 0.344 e. The first-order valence-electron chi connectivity index (χ1n) is 18.4. The molecule has 0 bridgehead atoms. The highest BCUT2D eigenvalue weighted by atomic mass is 16.8. The molecule has 1 saturated carbocycles. The fraction of sp³-hybridized carbons (Fsp3) is 0.895. The number of hydrogen-bond donors (Lipinski definition) is 0. The Bertz CT molecular complexity index is 643. The lowest BCUT2D eigenvalue weighted by Gasteiger charge is -2.31. The number of rotatable bonds is 27. The molecule has 0 aromatic heterocycles. The van der Waals surface area contributed by atoms with Crippen LogP contribution in [-0.4, -0.2) is 43.0 Å². The van der Waals surface area contributed by atoms with Gasteiger partial charge in [-0.2, -0.15) is 0 Å². The molecule has 0 N–H and O–H groups in total. The summed E-state index contributed by atoms with van der Waals surface area (Å²) in [5.41, 5.74) is 0. The molecular formula is C38H71NO2. The van der Waals surface area contributed by atoms with Crippen LogP contribution in [0.5, 0.6) is 0 Å². The molecule has 3 heteroatoms. The molecule has 2 aliphatic rings. The molecule has 0 spiro atoms. The van der Waals surface area contributed by atoms with Crippen molar-refractivity contribution < 1.29 is 9.47 Å². The zero-order valence-electron chi connectivity index (χ0n) is 28.2. The fourth-order valence-electron chi connectivity index (χ4n) is 6.81. The van der Waals surface area contributed by atoms with Gasteiger partial charge in [-0.1, -0.05) is 134 Å². The molecule has 2 rings (SSSR count). The van der Waals surface area contributed by atoms with E-state index in [0.29, 0.717) is 18.2 Å². The Balaban J connectivity index is 1.57. The van der Waals surface area contributed by atoms with E-state index in [0.717, 1.165) is 32.1 Å². The number of hydrogen-bond acceptors (Lipinski definition) is 3. The Kier molecular flexibility index (Phi) is 21.2. The number of allylic oxidation sites excluding steroid dienone is 4. The van der Waals surface area contributed by atoms with Crippen molar-refractivity contribution in [3.63, 3.8) is 0 Å². The van der Waals surface area contributed by atoms with Gasteiger partial charge in [0.2, 0.25) is 0 Å². The van der Waals surface area contributed by atoms with E-state index in [4.69, 9.17) is 9.47 Å². The number of ether oxygens (including phenoxy) is 2. The number of unbranched alkanes of at least 4 members (excludes halogenated alkanes) is 18. The molecule has 1 aliphatic carbocycles. The Labute approximate surface area is 257 Å². The molecule has 1 aliphatic heterocycles. The van der Waals surface area contributed by atoms with E-state index in [9.17, 15) is 0 Å². The van der Waals surface area contributed by atoms with Crippen molar-refractivity contribution in [2.75, 3.05) is 14.1 Å². The van der Waals surface area contributed by atoms with E-state index >= 15 is 0 Å². The Morgan fingerprint density at radius 2 is 0.927 bits per heavy atom. The normalized spacial score (nSPS) is 24.5. The van der Waals surface area contributed by atoms with Gasteiger partial charge in [-0.25, -0.2) is 0 Å². The summed E-state index contributed by atoms with van der Waals surface area (Å²) >= 11 is 0. The molecule has 1 heterocycles. The third kappa shape index (κ3) is 16.7. The predicted molar refractivity (Wildman–Crippen MR) is 180 cm³/mol. The second-order valence-corrected chi connectivity index (χ2v) is 13.6.